The summed E-state index contributed by atoms with van der Waals surface area (Å²) in [6.07, 6.45) is 0.401. The molecule has 3 aromatic rings. The van der Waals surface area contributed by atoms with E-state index in [0.29, 0.717) is 6.42 Å². The molecule has 0 spiro atoms. The van der Waals surface area contributed by atoms with Crippen molar-refractivity contribution in [2.24, 2.45) is 0 Å². The van der Waals surface area contributed by atoms with Gasteiger partial charge in [0, 0.05) is 22.1 Å². The van der Waals surface area contributed by atoms with Crippen LogP contribution in [0.4, 0.5) is 5.69 Å². The number of aryl methyl sites for hydroxylation is 2. The van der Waals surface area contributed by atoms with Crippen molar-refractivity contribution in [3.63, 3.8) is 0 Å². The van der Waals surface area contributed by atoms with E-state index in [1.54, 1.807) is 0 Å². The third kappa shape index (κ3) is 4.61. The molecule has 1 atom stereocenters. The summed E-state index contributed by atoms with van der Waals surface area (Å²) in [7, 11) is 0. The number of ketones is 1. The van der Waals surface area contributed by atoms with Crippen molar-refractivity contribution in [2.75, 3.05) is 5.32 Å². The summed E-state index contributed by atoms with van der Waals surface area (Å²) in [6, 6.07) is 23.9. The molecule has 0 aliphatic heterocycles. The van der Waals surface area contributed by atoms with E-state index < -0.39 is 0 Å². The summed E-state index contributed by atoms with van der Waals surface area (Å²) < 4.78 is 0.974. The summed E-state index contributed by atoms with van der Waals surface area (Å²) in [4.78, 5) is 12.8. The Morgan fingerprint density at radius 1 is 0.923 bits per heavy atom. The fourth-order valence-corrected chi connectivity index (χ4v) is 3.17. The number of carbonyl (C=O) groups is 1. The second kappa shape index (κ2) is 8.33. The van der Waals surface area contributed by atoms with E-state index >= 15 is 0 Å². The van der Waals surface area contributed by atoms with Crippen molar-refractivity contribution >= 4 is 27.4 Å². The van der Waals surface area contributed by atoms with E-state index in [-0.39, 0.29) is 11.8 Å². The van der Waals surface area contributed by atoms with Gasteiger partial charge in [0.15, 0.2) is 5.78 Å². The van der Waals surface area contributed by atoms with Crippen molar-refractivity contribution in [3.05, 3.63) is 99.5 Å². The van der Waals surface area contributed by atoms with Gasteiger partial charge in [0.1, 0.15) is 0 Å². The molecule has 0 radical (unpaired) electrons. The fourth-order valence-electron chi connectivity index (χ4n) is 2.91. The zero-order valence-electron chi connectivity index (χ0n) is 15.0. The normalized spacial score (nSPS) is 11.8. The minimum atomic E-state index is -0.0746. The van der Waals surface area contributed by atoms with Crippen LogP contribution in [-0.4, -0.2) is 5.78 Å². The molecule has 0 saturated heterocycles. The van der Waals surface area contributed by atoms with Gasteiger partial charge in [-0.05, 0) is 54.8 Å². The number of hydrogen-bond acceptors (Lipinski definition) is 2. The van der Waals surface area contributed by atoms with Crippen LogP contribution in [0.3, 0.4) is 0 Å². The van der Waals surface area contributed by atoms with Gasteiger partial charge in [-0.1, -0.05) is 64.5 Å². The highest BCUT2D eigenvalue weighted by atomic mass is 79.9. The van der Waals surface area contributed by atoms with E-state index in [0.717, 1.165) is 21.3 Å². The molecule has 3 heteroatoms. The van der Waals surface area contributed by atoms with Crippen LogP contribution >= 0.6 is 15.9 Å². The van der Waals surface area contributed by atoms with Gasteiger partial charge in [-0.3, -0.25) is 4.79 Å². The van der Waals surface area contributed by atoms with Crippen molar-refractivity contribution < 1.29 is 4.79 Å². The average molecular weight is 408 g/mol. The van der Waals surface area contributed by atoms with Gasteiger partial charge < -0.3 is 5.32 Å². The Morgan fingerprint density at radius 2 is 1.62 bits per heavy atom. The lowest BCUT2D eigenvalue weighted by molar-refractivity contribution is 0.0976. The molecular weight excluding hydrogens is 386 g/mol. The molecule has 0 bridgehead atoms. The van der Waals surface area contributed by atoms with Gasteiger partial charge >= 0.3 is 0 Å². The molecule has 3 rings (SSSR count). The van der Waals surface area contributed by atoms with Gasteiger partial charge in [-0.15, -0.1) is 0 Å². The highest BCUT2D eigenvalue weighted by molar-refractivity contribution is 9.10. The predicted molar refractivity (Wildman–Crippen MR) is 112 cm³/mol. The van der Waals surface area contributed by atoms with Crippen molar-refractivity contribution in [2.45, 2.75) is 26.3 Å². The zero-order valence-corrected chi connectivity index (χ0v) is 16.6. The first-order chi connectivity index (χ1) is 12.5. The number of Topliss-reactive ketones (excluding diaryl/α,β-unsaturated/α-hetero) is 1. The molecule has 0 fully saturated rings. The van der Waals surface area contributed by atoms with Crippen molar-refractivity contribution in [1.82, 2.24) is 0 Å². The Labute approximate surface area is 163 Å². The highest BCUT2D eigenvalue weighted by Crippen LogP contribution is 2.26. The van der Waals surface area contributed by atoms with E-state index in [1.807, 2.05) is 42.5 Å². The standard InChI is InChI=1S/C23H22BrNO/c1-16-8-13-21(14-17(16)2)25-22(18-6-4-3-5-7-18)15-23(26)19-9-11-20(24)12-10-19/h3-14,22,25H,15H2,1-2H3. The zero-order chi connectivity index (χ0) is 18.5. The Balaban J connectivity index is 1.84. The van der Waals surface area contributed by atoms with E-state index in [9.17, 15) is 4.79 Å². The number of benzene rings is 3. The minimum Gasteiger partial charge on any atom is -0.378 e. The lowest BCUT2D eigenvalue weighted by Gasteiger charge is -2.21. The Hall–Kier alpha value is -2.39. The monoisotopic (exact) mass is 407 g/mol. The molecule has 0 aromatic heterocycles. The second-order valence-electron chi connectivity index (χ2n) is 6.54. The molecule has 2 nitrogen and oxygen atoms in total. The SMILES string of the molecule is Cc1ccc(NC(CC(=O)c2ccc(Br)cc2)c2ccccc2)cc1C. The predicted octanol–water partition coefficient (Wildman–Crippen LogP) is 6.49. The van der Waals surface area contributed by atoms with E-state index in [2.05, 4.69) is 65.4 Å². The number of nitrogens with one attached hydrogen (secondary N) is 1. The average Bonchev–Trinajstić information content (AvgIpc) is 2.65. The van der Waals surface area contributed by atoms with Crippen LogP contribution in [0.25, 0.3) is 0 Å². The molecule has 1 unspecified atom stereocenters. The molecule has 0 aliphatic rings. The smallest absolute Gasteiger partial charge is 0.165 e. The topological polar surface area (TPSA) is 29.1 Å². The lowest BCUT2D eigenvalue weighted by Crippen LogP contribution is -2.16. The number of rotatable bonds is 6. The van der Waals surface area contributed by atoms with Crippen LogP contribution < -0.4 is 5.32 Å². The maximum absolute atomic E-state index is 12.8. The third-order valence-electron chi connectivity index (χ3n) is 4.61. The lowest BCUT2D eigenvalue weighted by atomic mass is 9.97. The van der Waals surface area contributed by atoms with Crippen LogP contribution in [0.1, 0.15) is 39.5 Å². The molecule has 0 saturated carbocycles. The summed E-state index contributed by atoms with van der Waals surface area (Å²) in [5.74, 6) is 0.127. The van der Waals surface area contributed by atoms with Crippen molar-refractivity contribution in [3.8, 4) is 0 Å². The molecular formula is C23H22BrNO. The van der Waals surface area contributed by atoms with Crippen LogP contribution in [0.5, 0.6) is 0 Å². The summed E-state index contributed by atoms with van der Waals surface area (Å²) in [5, 5.41) is 3.55. The molecule has 132 valence electrons. The van der Waals surface area contributed by atoms with E-state index in [1.165, 1.54) is 11.1 Å². The first-order valence-corrected chi connectivity index (χ1v) is 9.50. The van der Waals surface area contributed by atoms with Crippen LogP contribution in [-0.2, 0) is 0 Å². The molecule has 0 heterocycles. The van der Waals surface area contributed by atoms with Crippen LogP contribution in [0.15, 0.2) is 77.3 Å². The van der Waals surface area contributed by atoms with Gasteiger partial charge in [0.2, 0.25) is 0 Å². The van der Waals surface area contributed by atoms with Gasteiger partial charge in [0.05, 0.1) is 6.04 Å². The van der Waals surface area contributed by atoms with Gasteiger partial charge in [-0.25, -0.2) is 0 Å². The minimum absolute atomic E-state index is 0.0746. The molecule has 1 N–H and O–H groups in total. The van der Waals surface area contributed by atoms with Crippen LogP contribution in [0, 0.1) is 13.8 Å². The molecule has 26 heavy (non-hydrogen) atoms. The van der Waals surface area contributed by atoms with Crippen LogP contribution in [0.2, 0.25) is 0 Å². The Morgan fingerprint density at radius 3 is 2.27 bits per heavy atom. The maximum atomic E-state index is 12.8. The first-order valence-electron chi connectivity index (χ1n) is 8.70. The molecule has 0 aliphatic carbocycles. The summed E-state index contributed by atoms with van der Waals surface area (Å²) in [5.41, 5.74) is 5.37. The maximum Gasteiger partial charge on any atom is 0.165 e. The highest BCUT2D eigenvalue weighted by Gasteiger charge is 2.17. The van der Waals surface area contributed by atoms with Gasteiger partial charge in [-0.2, -0.15) is 0 Å². The summed E-state index contributed by atoms with van der Waals surface area (Å²) in [6.45, 7) is 4.20. The van der Waals surface area contributed by atoms with Gasteiger partial charge in [0.25, 0.3) is 0 Å². The number of hydrogen-bond donors (Lipinski definition) is 1. The number of halogens is 1. The molecule has 3 aromatic carbocycles. The third-order valence-corrected chi connectivity index (χ3v) is 5.13. The first kappa shape index (κ1) is 18.4. The number of carbonyl (C=O) groups excluding carboxylic acids is 1. The molecule has 0 amide bonds. The second-order valence-corrected chi connectivity index (χ2v) is 7.46. The van der Waals surface area contributed by atoms with E-state index in [4.69, 9.17) is 0 Å². The Kier molecular flexibility index (Phi) is 5.89. The fraction of sp³-hybridized carbons (Fsp3) is 0.174. The largest absolute Gasteiger partial charge is 0.378 e. The number of anilines is 1. The van der Waals surface area contributed by atoms with Crippen molar-refractivity contribution in [1.29, 1.82) is 0 Å². The Bertz CT molecular complexity index is 888. The quantitative estimate of drug-likeness (QED) is 0.472. The summed E-state index contributed by atoms with van der Waals surface area (Å²) >= 11 is 3.42.